The Kier molecular flexibility index (Phi) is 3.29. The van der Waals surface area contributed by atoms with E-state index in [0.717, 1.165) is 5.56 Å². The average molecular weight is 218 g/mol. The molecule has 4 heteroatoms. The van der Waals surface area contributed by atoms with E-state index in [1.54, 1.807) is 17.3 Å². The van der Waals surface area contributed by atoms with Crippen LogP contribution in [0, 0.1) is 0 Å². The Hall–Kier alpha value is -1.71. The van der Waals surface area contributed by atoms with Crippen LogP contribution >= 0.6 is 0 Å². The highest BCUT2D eigenvalue weighted by atomic mass is 16.2. The topological polar surface area (TPSA) is 50.3 Å². The lowest BCUT2D eigenvalue weighted by atomic mass is 10.1. The van der Waals surface area contributed by atoms with Crippen LogP contribution in [0.3, 0.4) is 0 Å². The lowest BCUT2D eigenvalue weighted by molar-refractivity contribution is -0.131. The first kappa shape index (κ1) is 10.8. The summed E-state index contributed by atoms with van der Waals surface area (Å²) in [5, 5.41) is 0. The van der Waals surface area contributed by atoms with Gasteiger partial charge in [0.2, 0.25) is 5.91 Å². The van der Waals surface area contributed by atoms with Crippen molar-refractivity contribution < 1.29 is 9.59 Å². The Labute approximate surface area is 94.3 Å². The molecule has 0 aliphatic carbocycles. The van der Waals surface area contributed by atoms with E-state index >= 15 is 0 Å². The van der Waals surface area contributed by atoms with Gasteiger partial charge in [0.05, 0.1) is 6.54 Å². The first-order valence-electron chi connectivity index (χ1n) is 5.44. The van der Waals surface area contributed by atoms with Crippen LogP contribution in [0.5, 0.6) is 0 Å². The van der Waals surface area contributed by atoms with Gasteiger partial charge in [0, 0.05) is 31.8 Å². The van der Waals surface area contributed by atoms with Crippen molar-refractivity contribution in [3.8, 4) is 0 Å². The van der Waals surface area contributed by atoms with Gasteiger partial charge < -0.3 is 4.90 Å². The molecular weight excluding hydrogens is 204 g/mol. The first-order chi connectivity index (χ1) is 7.75. The van der Waals surface area contributed by atoms with E-state index in [0.29, 0.717) is 32.4 Å². The fraction of sp³-hybridized carbons (Fsp3) is 0.417. The minimum atomic E-state index is 0.0719. The standard InChI is InChI=1S/C12H14N2O2/c15-11-5-8-14(9-11)12(16)2-1-10-3-6-13-7-4-10/h3-4,6-7H,1-2,5,8-9H2. The van der Waals surface area contributed by atoms with Gasteiger partial charge in [0.15, 0.2) is 5.78 Å². The fourth-order valence-electron chi connectivity index (χ4n) is 1.80. The van der Waals surface area contributed by atoms with E-state index in [-0.39, 0.29) is 11.7 Å². The van der Waals surface area contributed by atoms with Crippen LogP contribution in [-0.2, 0) is 16.0 Å². The third-order valence-electron chi connectivity index (χ3n) is 2.76. The molecule has 0 N–H and O–H groups in total. The zero-order chi connectivity index (χ0) is 11.4. The van der Waals surface area contributed by atoms with Crippen molar-refractivity contribution in [2.75, 3.05) is 13.1 Å². The first-order valence-corrected chi connectivity index (χ1v) is 5.44. The van der Waals surface area contributed by atoms with Crippen molar-refractivity contribution in [3.63, 3.8) is 0 Å². The highest BCUT2D eigenvalue weighted by molar-refractivity contribution is 5.89. The molecule has 1 aliphatic rings. The predicted molar refractivity (Wildman–Crippen MR) is 58.8 cm³/mol. The summed E-state index contributed by atoms with van der Waals surface area (Å²) in [5.74, 6) is 0.236. The Morgan fingerprint density at radius 1 is 1.38 bits per heavy atom. The van der Waals surface area contributed by atoms with Gasteiger partial charge in [-0.15, -0.1) is 0 Å². The molecule has 0 radical (unpaired) electrons. The number of rotatable bonds is 3. The largest absolute Gasteiger partial charge is 0.335 e. The zero-order valence-corrected chi connectivity index (χ0v) is 9.06. The number of ketones is 1. The lowest BCUT2D eigenvalue weighted by Crippen LogP contribution is -2.28. The summed E-state index contributed by atoms with van der Waals surface area (Å²) in [7, 11) is 0. The highest BCUT2D eigenvalue weighted by Gasteiger charge is 2.23. The van der Waals surface area contributed by atoms with Gasteiger partial charge in [-0.25, -0.2) is 0 Å². The van der Waals surface area contributed by atoms with Crippen molar-refractivity contribution in [3.05, 3.63) is 30.1 Å². The second-order valence-electron chi connectivity index (χ2n) is 3.96. The number of amides is 1. The molecular formula is C12H14N2O2. The van der Waals surface area contributed by atoms with Crippen LogP contribution in [0.25, 0.3) is 0 Å². The van der Waals surface area contributed by atoms with Crippen molar-refractivity contribution >= 4 is 11.7 Å². The van der Waals surface area contributed by atoms with E-state index in [9.17, 15) is 9.59 Å². The van der Waals surface area contributed by atoms with Gasteiger partial charge in [-0.3, -0.25) is 14.6 Å². The molecule has 1 aromatic heterocycles. The second-order valence-corrected chi connectivity index (χ2v) is 3.96. The maximum absolute atomic E-state index is 11.7. The van der Waals surface area contributed by atoms with Crippen LogP contribution in [0.15, 0.2) is 24.5 Å². The number of Topliss-reactive ketones (excluding diaryl/α,β-unsaturated/α-hetero) is 1. The molecule has 0 spiro atoms. The number of carbonyl (C=O) groups excluding carboxylic acids is 2. The molecule has 2 heterocycles. The van der Waals surface area contributed by atoms with Gasteiger partial charge in [0.1, 0.15) is 0 Å². The minimum Gasteiger partial charge on any atom is -0.335 e. The SMILES string of the molecule is O=C1CCN(C(=O)CCc2ccncc2)C1. The molecule has 0 aromatic carbocycles. The summed E-state index contributed by atoms with van der Waals surface area (Å²) >= 11 is 0. The highest BCUT2D eigenvalue weighted by Crippen LogP contribution is 2.08. The van der Waals surface area contributed by atoms with E-state index in [1.807, 2.05) is 12.1 Å². The molecule has 2 rings (SSSR count). The molecule has 1 aliphatic heterocycles. The quantitative estimate of drug-likeness (QED) is 0.754. The number of pyridine rings is 1. The summed E-state index contributed by atoms with van der Waals surface area (Å²) < 4.78 is 0. The second kappa shape index (κ2) is 4.88. The number of hydrogen-bond donors (Lipinski definition) is 0. The van der Waals surface area contributed by atoms with E-state index in [1.165, 1.54) is 0 Å². The fourth-order valence-corrected chi connectivity index (χ4v) is 1.80. The number of carbonyl (C=O) groups is 2. The minimum absolute atomic E-state index is 0.0719. The third kappa shape index (κ3) is 2.66. The van der Waals surface area contributed by atoms with E-state index in [4.69, 9.17) is 0 Å². The average Bonchev–Trinajstić information content (AvgIpc) is 2.74. The molecule has 1 fully saturated rings. The van der Waals surface area contributed by atoms with Crippen LogP contribution in [0.4, 0.5) is 0 Å². The third-order valence-corrected chi connectivity index (χ3v) is 2.76. The zero-order valence-electron chi connectivity index (χ0n) is 9.06. The number of hydrogen-bond acceptors (Lipinski definition) is 3. The lowest BCUT2D eigenvalue weighted by Gasteiger charge is -2.13. The molecule has 0 bridgehead atoms. The normalized spacial score (nSPS) is 15.5. The number of nitrogens with zero attached hydrogens (tertiary/aromatic N) is 2. The van der Waals surface area contributed by atoms with Crippen molar-refractivity contribution in [2.24, 2.45) is 0 Å². The molecule has 4 nitrogen and oxygen atoms in total. The van der Waals surface area contributed by atoms with Crippen LogP contribution < -0.4 is 0 Å². The van der Waals surface area contributed by atoms with Crippen LogP contribution in [0.2, 0.25) is 0 Å². The van der Waals surface area contributed by atoms with Crippen LogP contribution in [-0.4, -0.2) is 34.7 Å². The summed E-state index contributed by atoms with van der Waals surface area (Å²) in [6.45, 7) is 0.892. The molecule has 0 saturated carbocycles. The van der Waals surface area contributed by atoms with E-state index in [2.05, 4.69) is 4.98 Å². The Balaban J connectivity index is 1.82. The van der Waals surface area contributed by atoms with Gasteiger partial charge >= 0.3 is 0 Å². The van der Waals surface area contributed by atoms with Gasteiger partial charge in [-0.1, -0.05) is 0 Å². The summed E-state index contributed by atoms with van der Waals surface area (Å²) in [6, 6.07) is 3.81. The molecule has 1 amide bonds. The Morgan fingerprint density at radius 2 is 2.12 bits per heavy atom. The molecule has 1 aromatic rings. The number of aromatic nitrogens is 1. The number of likely N-dealkylation sites (tertiary alicyclic amines) is 1. The summed E-state index contributed by atoms with van der Waals surface area (Å²) in [4.78, 5) is 28.3. The van der Waals surface area contributed by atoms with Crippen molar-refractivity contribution in [1.29, 1.82) is 0 Å². The molecule has 1 saturated heterocycles. The molecule has 0 atom stereocenters. The summed E-state index contributed by atoms with van der Waals surface area (Å²) in [6.07, 6.45) is 5.14. The maximum Gasteiger partial charge on any atom is 0.223 e. The van der Waals surface area contributed by atoms with Crippen LogP contribution in [0.1, 0.15) is 18.4 Å². The molecule has 0 unspecified atom stereocenters. The van der Waals surface area contributed by atoms with Crippen molar-refractivity contribution in [2.45, 2.75) is 19.3 Å². The monoisotopic (exact) mass is 218 g/mol. The predicted octanol–water partition coefficient (Wildman–Crippen LogP) is 0.816. The van der Waals surface area contributed by atoms with Crippen molar-refractivity contribution in [1.82, 2.24) is 9.88 Å². The van der Waals surface area contributed by atoms with E-state index < -0.39 is 0 Å². The van der Waals surface area contributed by atoms with Gasteiger partial charge in [-0.05, 0) is 24.1 Å². The number of aryl methyl sites for hydroxylation is 1. The van der Waals surface area contributed by atoms with Gasteiger partial charge in [-0.2, -0.15) is 0 Å². The maximum atomic E-state index is 11.7. The summed E-state index contributed by atoms with van der Waals surface area (Å²) in [5.41, 5.74) is 1.11. The van der Waals surface area contributed by atoms with Gasteiger partial charge in [0.25, 0.3) is 0 Å². The molecule has 84 valence electrons. The smallest absolute Gasteiger partial charge is 0.223 e. The Bertz CT molecular complexity index is 389. The molecule has 16 heavy (non-hydrogen) atoms. The Morgan fingerprint density at radius 3 is 2.75 bits per heavy atom.